The Labute approximate surface area is 138 Å². The summed E-state index contributed by atoms with van der Waals surface area (Å²) in [5.74, 6) is -0.202. The normalized spacial score (nSPS) is 20.2. The predicted octanol–water partition coefficient (Wildman–Crippen LogP) is 3.88. The van der Waals surface area contributed by atoms with Gasteiger partial charge in [-0.25, -0.2) is 9.18 Å². The van der Waals surface area contributed by atoms with Crippen LogP contribution in [0.15, 0.2) is 24.3 Å². The molecule has 0 saturated carbocycles. The van der Waals surface area contributed by atoms with Crippen molar-refractivity contribution in [1.82, 2.24) is 10.2 Å². The summed E-state index contributed by atoms with van der Waals surface area (Å²) in [6, 6.07) is 6.84. The van der Waals surface area contributed by atoms with Crippen molar-refractivity contribution in [3.63, 3.8) is 0 Å². The Morgan fingerprint density at radius 2 is 2.09 bits per heavy atom. The molecule has 1 N–H and O–H groups in total. The van der Waals surface area contributed by atoms with E-state index >= 15 is 0 Å². The Hall–Kier alpha value is -1.62. The first-order chi connectivity index (χ1) is 10.8. The number of carbonyl (C=O) groups is 1. The number of hydrogen-bond acceptors (Lipinski definition) is 3. The van der Waals surface area contributed by atoms with Crippen LogP contribution >= 0.6 is 0 Å². The SMILES string of the molecule is C[C@@H](NC1CCCN(C(=O)OC(C)(C)C)C1)c1ccccc1F. The van der Waals surface area contributed by atoms with Gasteiger partial charge in [-0.2, -0.15) is 0 Å². The van der Waals surface area contributed by atoms with Gasteiger partial charge in [0.2, 0.25) is 0 Å². The smallest absolute Gasteiger partial charge is 0.410 e. The van der Waals surface area contributed by atoms with E-state index in [0.29, 0.717) is 18.7 Å². The monoisotopic (exact) mass is 322 g/mol. The molecule has 2 atom stereocenters. The van der Waals surface area contributed by atoms with Gasteiger partial charge >= 0.3 is 6.09 Å². The van der Waals surface area contributed by atoms with Gasteiger partial charge in [0.15, 0.2) is 0 Å². The van der Waals surface area contributed by atoms with Gasteiger partial charge in [0, 0.05) is 30.7 Å². The first-order valence-electron chi connectivity index (χ1n) is 8.24. The van der Waals surface area contributed by atoms with Crippen LogP contribution in [0.1, 0.15) is 52.1 Å². The lowest BCUT2D eigenvalue weighted by molar-refractivity contribution is 0.0183. The Kier molecular flexibility index (Phi) is 5.63. The summed E-state index contributed by atoms with van der Waals surface area (Å²) in [6.45, 7) is 8.85. The number of nitrogens with one attached hydrogen (secondary N) is 1. The van der Waals surface area contributed by atoms with Crippen LogP contribution in [0.3, 0.4) is 0 Å². The minimum absolute atomic E-state index is 0.0974. The maximum Gasteiger partial charge on any atom is 0.410 e. The lowest BCUT2D eigenvalue weighted by Gasteiger charge is -2.35. The predicted molar refractivity (Wildman–Crippen MR) is 88.8 cm³/mol. The number of nitrogens with zero attached hydrogens (tertiary/aromatic N) is 1. The van der Waals surface area contributed by atoms with E-state index in [-0.39, 0.29) is 24.0 Å². The summed E-state index contributed by atoms with van der Waals surface area (Å²) < 4.78 is 19.3. The third kappa shape index (κ3) is 5.20. The van der Waals surface area contributed by atoms with Gasteiger partial charge in [-0.1, -0.05) is 18.2 Å². The van der Waals surface area contributed by atoms with Gasteiger partial charge in [-0.05, 0) is 46.6 Å². The zero-order valence-corrected chi connectivity index (χ0v) is 14.4. The Balaban J connectivity index is 1.94. The van der Waals surface area contributed by atoms with Crippen LogP contribution in [-0.2, 0) is 4.74 Å². The third-order valence-electron chi connectivity index (χ3n) is 3.93. The highest BCUT2D eigenvalue weighted by molar-refractivity contribution is 5.68. The summed E-state index contributed by atoms with van der Waals surface area (Å²) in [7, 11) is 0. The number of hydrogen-bond donors (Lipinski definition) is 1. The quantitative estimate of drug-likeness (QED) is 0.918. The first kappa shape index (κ1) is 17.7. The van der Waals surface area contributed by atoms with E-state index in [1.54, 1.807) is 17.0 Å². The average Bonchev–Trinajstić information content (AvgIpc) is 2.46. The second kappa shape index (κ2) is 7.30. The summed E-state index contributed by atoms with van der Waals surface area (Å²) >= 11 is 0. The van der Waals surface area contributed by atoms with Gasteiger partial charge in [-0.3, -0.25) is 0 Å². The average molecular weight is 322 g/mol. The molecule has 0 radical (unpaired) electrons. The molecule has 1 aliphatic rings. The van der Waals surface area contributed by atoms with Crippen LogP contribution in [0.25, 0.3) is 0 Å². The molecule has 0 aromatic heterocycles. The molecule has 0 bridgehead atoms. The molecule has 1 saturated heterocycles. The van der Waals surface area contributed by atoms with Crippen LogP contribution in [0.2, 0.25) is 0 Å². The molecule has 1 aromatic carbocycles. The zero-order chi connectivity index (χ0) is 17.0. The van der Waals surface area contributed by atoms with E-state index in [9.17, 15) is 9.18 Å². The zero-order valence-electron chi connectivity index (χ0n) is 14.4. The molecule has 5 heteroatoms. The molecule has 2 rings (SSSR count). The molecule has 4 nitrogen and oxygen atoms in total. The number of ether oxygens (including phenoxy) is 1. The molecule has 23 heavy (non-hydrogen) atoms. The molecule has 128 valence electrons. The molecule has 0 aliphatic carbocycles. The maximum atomic E-state index is 13.9. The molecule has 1 aliphatic heterocycles. The Morgan fingerprint density at radius 3 is 2.74 bits per heavy atom. The third-order valence-corrected chi connectivity index (χ3v) is 3.93. The lowest BCUT2D eigenvalue weighted by atomic mass is 10.0. The van der Waals surface area contributed by atoms with Gasteiger partial charge in [0.1, 0.15) is 11.4 Å². The summed E-state index contributed by atoms with van der Waals surface area (Å²) in [4.78, 5) is 13.9. The molecule has 1 aromatic rings. The topological polar surface area (TPSA) is 41.6 Å². The van der Waals surface area contributed by atoms with Gasteiger partial charge in [-0.15, -0.1) is 0 Å². The van der Waals surface area contributed by atoms with Crippen molar-refractivity contribution < 1.29 is 13.9 Å². The molecule has 1 fully saturated rings. The van der Waals surface area contributed by atoms with E-state index in [4.69, 9.17) is 4.74 Å². The highest BCUT2D eigenvalue weighted by Gasteiger charge is 2.28. The van der Waals surface area contributed by atoms with E-state index in [0.717, 1.165) is 12.8 Å². The van der Waals surface area contributed by atoms with Crippen molar-refractivity contribution in [1.29, 1.82) is 0 Å². The van der Waals surface area contributed by atoms with Crippen molar-refractivity contribution in [2.45, 2.75) is 58.2 Å². The van der Waals surface area contributed by atoms with Crippen LogP contribution in [-0.4, -0.2) is 35.7 Å². The van der Waals surface area contributed by atoms with Crippen LogP contribution in [0.4, 0.5) is 9.18 Å². The minimum atomic E-state index is -0.488. The molecule has 1 heterocycles. The highest BCUT2D eigenvalue weighted by atomic mass is 19.1. The fourth-order valence-electron chi connectivity index (χ4n) is 2.88. The van der Waals surface area contributed by atoms with Crippen LogP contribution in [0, 0.1) is 5.82 Å². The first-order valence-corrected chi connectivity index (χ1v) is 8.24. The number of halogens is 1. The molecular formula is C18H27FN2O2. The summed E-state index contributed by atoms with van der Waals surface area (Å²) in [5, 5.41) is 3.43. The van der Waals surface area contributed by atoms with E-state index in [2.05, 4.69) is 5.32 Å². The number of carbonyl (C=O) groups excluding carboxylic acids is 1. The molecule has 1 amide bonds. The van der Waals surface area contributed by atoms with Gasteiger partial charge in [0.25, 0.3) is 0 Å². The van der Waals surface area contributed by atoms with Crippen molar-refractivity contribution >= 4 is 6.09 Å². The highest BCUT2D eigenvalue weighted by Crippen LogP contribution is 2.20. The van der Waals surface area contributed by atoms with E-state index in [1.807, 2.05) is 33.8 Å². The second-order valence-electron chi connectivity index (χ2n) is 7.18. The number of amides is 1. The standard InChI is InChI=1S/C18H27FN2O2/c1-13(15-9-5-6-10-16(15)19)20-14-8-7-11-21(12-14)17(22)23-18(2,3)4/h5-6,9-10,13-14,20H,7-8,11-12H2,1-4H3/t13-,14?/m1/s1. The van der Waals surface area contributed by atoms with Gasteiger partial charge in [0.05, 0.1) is 0 Å². The number of rotatable bonds is 3. The lowest BCUT2D eigenvalue weighted by Crippen LogP contribution is -2.49. The molecular weight excluding hydrogens is 295 g/mol. The van der Waals surface area contributed by atoms with Gasteiger partial charge < -0.3 is 15.0 Å². The number of likely N-dealkylation sites (tertiary alicyclic amines) is 1. The molecule has 1 unspecified atom stereocenters. The van der Waals surface area contributed by atoms with Crippen molar-refractivity contribution in [3.8, 4) is 0 Å². The van der Waals surface area contributed by atoms with Crippen molar-refractivity contribution in [2.75, 3.05) is 13.1 Å². The van der Waals surface area contributed by atoms with Crippen LogP contribution in [0.5, 0.6) is 0 Å². The fourth-order valence-corrected chi connectivity index (χ4v) is 2.88. The summed E-state index contributed by atoms with van der Waals surface area (Å²) in [6.07, 6.45) is 1.61. The van der Waals surface area contributed by atoms with E-state index < -0.39 is 5.60 Å². The fraction of sp³-hybridized carbons (Fsp3) is 0.611. The summed E-state index contributed by atoms with van der Waals surface area (Å²) in [5.41, 5.74) is 0.166. The Morgan fingerprint density at radius 1 is 1.39 bits per heavy atom. The van der Waals surface area contributed by atoms with Crippen LogP contribution < -0.4 is 5.32 Å². The number of piperidine rings is 1. The minimum Gasteiger partial charge on any atom is -0.444 e. The molecule has 0 spiro atoms. The largest absolute Gasteiger partial charge is 0.444 e. The maximum absolute atomic E-state index is 13.9. The van der Waals surface area contributed by atoms with Crippen molar-refractivity contribution in [2.24, 2.45) is 0 Å². The van der Waals surface area contributed by atoms with Crippen molar-refractivity contribution in [3.05, 3.63) is 35.6 Å². The number of benzene rings is 1. The second-order valence-corrected chi connectivity index (χ2v) is 7.18. The van der Waals surface area contributed by atoms with E-state index in [1.165, 1.54) is 6.07 Å². The Bertz CT molecular complexity index is 542.